The van der Waals surface area contributed by atoms with Gasteiger partial charge in [-0.05, 0) is 31.9 Å². The van der Waals surface area contributed by atoms with E-state index in [-0.39, 0.29) is 23.2 Å². The number of ether oxygens (including phenoxy) is 2. The van der Waals surface area contributed by atoms with Crippen LogP contribution in [0.25, 0.3) is 0 Å². The molecule has 27 heavy (non-hydrogen) atoms. The summed E-state index contributed by atoms with van der Waals surface area (Å²) in [5, 5.41) is 2.53. The van der Waals surface area contributed by atoms with Crippen molar-refractivity contribution in [3.63, 3.8) is 0 Å². The Morgan fingerprint density at radius 2 is 1.81 bits per heavy atom. The number of nitrogens with zero attached hydrogens (tertiary/aromatic N) is 1. The Morgan fingerprint density at radius 1 is 1.07 bits per heavy atom. The van der Waals surface area contributed by atoms with Gasteiger partial charge in [-0.3, -0.25) is 4.79 Å². The van der Waals surface area contributed by atoms with Gasteiger partial charge in [0.2, 0.25) is 11.9 Å². The van der Waals surface area contributed by atoms with E-state index >= 15 is 0 Å². The molecule has 1 aromatic carbocycles. The van der Waals surface area contributed by atoms with Crippen LogP contribution in [0.1, 0.15) is 35.4 Å². The van der Waals surface area contributed by atoms with Crippen LogP contribution in [-0.2, 0) is 10.0 Å². The van der Waals surface area contributed by atoms with E-state index in [1.807, 2.05) is 0 Å². The van der Waals surface area contributed by atoms with Gasteiger partial charge in [0.25, 0.3) is 15.9 Å². The summed E-state index contributed by atoms with van der Waals surface area (Å²) in [5.41, 5.74) is 0.702. The molecule has 8 nitrogen and oxygen atoms in total. The molecule has 1 aromatic heterocycles. The zero-order valence-electron chi connectivity index (χ0n) is 14.9. The summed E-state index contributed by atoms with van der Waals surface area (Å²) in [6.45, 7) is 2.66. The summed E-state index contributed by atoms with van der Waals surface area (Å²) in [7, 11) is -3.73. The number of carbonyl (C=O) groups is 1. The maximum absolute atomic E-state index is 12.7. The molecule has 144 valence electrons. The molecule has 0 spiro atoms. The molecule has 2 aliphatic rings. The third-order valence-corrected chi connectivity index (χ3v) is 6.43. The van der Waals surface area contributed by atoms with E-state index in [0.717, 1.165) is 19.3 Å². The van der Waals surface area contributed by atoms with E-state index in [4.69, 9.17) is 13.9 Å². The smallest absolute Gasteiger partial charge is 0.276 e. The Bertz CT molecular complexity index is 976. The summed E-state index contributed by atoms with van der Waals surface area (Å²) < 4.78 is 42.8. The van der Waals surface area contributed by atoms with Crippen LogP contribution in [0.15, 0.2) is 33.8 Å². The van der Waals surface area contributed by atoms with E-state index in [1.54, 1.807) is 25.1 Å². The van der Waals surface area contributed by atoms with Gasteiger partial charge in [0.15, 0.2) is 11.5 Å². The summed E-state index contributed by atoms with van der Waals surface area (Å²) in [6.07, 6.45) is 2.68. The Kier molecular flexibility index (Phi) is 4.56. The van der Waals surface area contributed by atoms with Gasteiger partial charge in [-0.1, -0.05) is 6.42 Å². The molecule has 1 saturated heterocycles. The van der Waals surface area contributed by atoms with Crippen LogP contribution >= 0.6 is 0 Å². The van der Waals surface area contributed by atoms with Crippen molar-refractivity contribution in [2.24, 2.45) is 0 Å². The minimum Gasteiger partial charge on any atom is -0.454 e. The van der Waals surface area contributed by atoms with Crippen molar-refractivity contribution >= 4 is 21.6 Å². The highest BCUT2D eigenvalue weighted by Crippen LogP contribution is 2.34. The first-order chi connectivity index (χ1) is 12.9. The molecular formula is C18H20N2O6S. The van der Waals surface area contributed by atoms with Crippen molar-refractivity contribution < 1.29 is 27.1 Å². The fourth-order valence-electron chi connectivity index (χ4n) is 3.21. The highest BCUT2D eigenvalue weighted by atomic mass is 32.2. The largest absolute Gasteiger partial charge is 0.454 e. The van der Waals surface area contributed by atoms with Crippen molar-refractivity contribution in [1.29, 1.82) is 0 Å². The number of carbonyl (C=O) groups excluding carboxylic acids is 1. The number of aryl methyl sites for hydroxylation is 1. The lowest BCUT2D eigenvalue weighted by Gasteiger charge is -2.24. The highest BCUT2D eigenvalue weighted by Gasteiger charge is 2.31. The number of hydrogen-bond acceptors (Lipinski definition) is 6. The molecule has 9 heteroatoms. The molecule has 1 amide bonds. The molecule has 2 aromatic rings. The molecule has 0 saturated carbocycles. The maximum Gasteiger partial charge on any atom is 0.276 e. The number of amides is 1. The normalized spacial score (nSPS) is 17.1. The van der Waals surface area contributed by atoms with Crippen molar-refractivity contribution in [3.05, 3.63) is 35.6 Å². The Morgan fingerprint density at radius 3 is 2.59 bits per heavy atom. The van der Waals surface area contributed by atoms with Gasteiger partial charge in [0.05, 0.1) is 5.56 Å². The Balaban J connectivity index is 1.55. The predicted octanol–water partition coefficient (Wildman–Crippen LogP) is 2.74. The van der Waals surface area contributed by atoms with Gasteiger partial charge in [-0.25, -0.2) is 8.42 Å². The summed E-state index contributed by atoms with van der Waals surface area (Å²) in [4.78, 5) is 12.6. The summed E-state index contributed by atoms with van der Waals surface area (Å²) >= 11 is 0. The lowest BCUT2D eigenvalue weighted by molar-refractivity contribution is 0.102. The highest BCUT2D eigenvalue weighted by molar-refractivity contribution is 7.89. The number of furan rings is 1. The Hall–Kier alpha value is -2.52. The average Bonchev–Trinajstić information content (AvgIpc) is 3.28. The van der Waals surface area contributed by atoms with Gasteiger partial charge in [-0.15, -0.1) is 0 Å². The lowest BCUT2D eigenvalue weighted by atomic mass is 10.2. The second-order valence-electron chi connectivity index (χ2n) is 6.52. The van der Waals surface area contributed by atoms with Gasteiger partial charge in [0.1, 0.15) is 5.76 Å². The topological polar surface area (TPSA) is 98.1 Å². The first-order valence-corrected chi connectivity index (χ1v) is 10.2. The van der Waals surface area contributed by atoms with E-state index in [1.165, 1.54) is 10.4 Å². The van der Waals surface area contributed by atoms with Crippen molar-refractivity contribution in [2.45, 2.75) is 31.3 Å². The van der Waals surface area contributed by atoms with E-state index in [9.17, 15) is 13.2 Å². The van der Waals surface area contributed by atoms with Crippen LogP contribution in [0.5, 0.6) is 11.5 Å². The zero-order valence-corrected chi connectivity index (χ0v) is 15.7. The minimum atomic E-state index is -3.73. The number of anilines is 1. The molecule has 3 heterocycles. The minimum absolute atomic E-state index is 0.144. The Labute approximate surface area is 157 Å². The van der Waals surface area contributed by atoms with Crippen molar-refractivity contribution in [2.75, 3.05) is 25.2 Å². The average molecular weight is 392 g/mol. The van der Waals surface area contributed by atoms with Crippen molar-refractivity contribution in [3.8, 4) is 11.5 Å². The second kappa shape index (κ2) is 6.90. The monoisotopic (exact) mass is 392 g/mol. The SMILES string of the molecule is Cc1oc(S(=O)(=O)N2CCCCC2)cc1C(=O)Nc1ccc2c(c1)OCO2. The number of fused-ring (bicyclic) bond motifs is 1. The predicted molar refractivity (Wildman–Crippen MR) is 96.6 cm³/mol. The number of hydrogen-bond donors (Lipinski definition) is 1. The first-order valence-electron chi connectivity index (χ1n) is 8.77. The third kappa shape index (κ3) is 3.40. The summed E-state index contributed by atoms with van der Waals surface area (Å²) in [5.74, 6) is 0.964. The number of sulfonamides is 1. The molecule has 4 rings (SSSR count). The van der Waals surface area contributed by atoms with Crippen LogP contribution in [0.3, 0.4) is 0 Å². The van der Waals surface area contributed by atoms with Gasteiger partial charge < -0.3 is 19.2 Å². The van der Waals surface area contributed by atoms with Crippen LogP contribution in [0.2, 0.25) is 0 Å². The third-order valence-electron chi connectivity index (χ3n) is 4.68. The number of piperidine rings is 1. The number of nitrogens with one attached hydrogen (secondary N) is 1. The van der Waals surface area contributed by atoms with Crippen LogP contribution in [0, 0.1) is 6.92 Å². The maximum atomic E-state index is 12.7. The number of benzene rings is 1. The fourth-order valence-corrected chi connectivity index (χ4v) is 4.70. The van der Waals surface area contributed by atoms with Crippen molar-refractivity contribution in [1.82, 2.24) is 4.31 Å². The van der Waals surface area contributed by atoms with E-state index in [2.05, 4.69) is 5.32 Å². The first kappa shape index (κ1) is 17.9. The van der Waals surface area contributed by atoms with Gasteiger partial charge in [-0.2, -0.15) is 4.31 Å². The van der Waals surface area contributed by atoms with Crippen LogP contribution in [-0.4, -0.2) is 38.5 Å². The molecular weight excluding hydrogens is 372 g/mol. The molecule has 2 aliphatic heterocycles. The molecule has 0 radical (unpaired) electrons. The fraction of sp³-hybridized carbons (Fsp3) is 0.389. The van der Waals surface area contributed by atoms with Gasteiger partial charge in [0, 0.05) is 30.9 Å². The van der Waals surface area contributed by atoms with Gasteiger partial charge >= 0.3 is 0 Å². The quantitative estimate of drug-likeness (QED) is 0.859. The van der Waals surface area contributed by atoms with E-state index < -0.39 is 15.9 Å². The van der Waals surface area contributed by atoms with Crippen LogP contribution in [0.4, 0.5) is 5.69 Å². The molecule has 0 aliphatic carbocycles. The molecule has 0 atom stereocenters. The second-order valence-corrected chi connectivity index (χ2v) is 8.39. The molecule has 1 N–H and O–H groups in total. The molecule has 0 unspecified atom stereocenters. The lowest BCUT2D eigenvalue weighted by Crippen LogP contribution is -2.35. The number of rotatable bonds is 4. The van der Waals surface area contributed by atoms with Crippen LogP contribution < -0.4 is 14.8 Å². The zero-order chi connectivity index (χ0) is 19.0. The standard InChI is InChI=1S/C18H20N2O6S/c1-12-14(10-17(26-12)27(22,23)20-7-3-2-4-8-20)18(21)19-13-5-6-15-16(9-13)25-11-24-15/h5-6,9-10H,2-4,7-8,11H2,1H3,(H,19,21). The summed E-state index contributed by atoms with van der Waals surface area (Å²) in [6, 6.07) is 6.33. The molecule has 1 fully saturated rings. The molecule has 0 bridgehead atoms. The van der Waals surface area contributed by atoms with E-state index in [0.29, 0.717) is 30.3 Å².